The molecule has 2 N–H and O–H groups in total. The average molecular weight is 310 g/mol. The van der Waals surface area contributed by atoms with Crippen molar-refractivity contribution in [3.05, 3.63) is 34.2 Å². The molecule has 1 aromatic heterocycles. The summed E-state index contributed by atoms with van der Waals surface area (Å²) in [7, 11) is 0. The van der Waals surface area contributed by atoms with Crippen LogP contribution in [0.4, 0.5) is 0 Å². The highest BCUT2D eigenvalue weighted by Gasteiger charge is 2.44. The molecule has 1 saturated heterocycles. The molecule has 2 unspecified atom stereocenters. The number of hydrogen-bond acceptors (Lipinski definition) is 5. The van der Waals surface area contributed by atoms with Crippen LogP contribution in [-0.4, -0.2) is 45.6 Å². The quantitative estimate of drug-likeness (QED) is 0.872. The Morgan fingerprint density at radius 1 is 1.50 bits per heavy atom. The summed E-state index contributed by atoms with van der Waals surface area (Å²) >= 11 is 3.23. The summed E-state index contributed by atoms with van der Waals surface area (Å²) in [5, 5.41) is 14.1. The molecule has 0 saturated carbocycles. The molecule has 1 amide bonds. The lowest BCUT2D eigenvalue weighted by Crippen LogP contribution is -2.66. The lowest BCUT2D eigenvalue weighted by molar-refractivity contribution is -0.135. The molecule has 1 aromatic rings. The second-order valence-electron chi connectivity index (χ2n) is 4.70. The topological polar surface area (TPSA) is 69.6 Å². The summed E-state index contributed by atoms with van der Waals surface area (Å²) in [6, 6.07) is 3.91. The number of carbonyl (C=O) groups is 2. The molecular formula is C13H14N2O3S2. The first kappa shape index (κ1) is 13.5. The zero-order valence-electron chi connectivity index (χ0n) is 10.6. The highest BCUT2D eigenvalue weighted by molar-refractivity contribution is 8.00. The minimum absolute atomic E-state index is 0.00382. The van der Waals surface area contributed by atoms with Gasteiger partial charge in [-0.05, 0) is 17.5 Å². The van der Waals surface area contributed by atoms with Crippen LogP contribution in [-0.2, 0) is 16.0 Å². The number of thioether (sulfide) groups is 1. The molecule has 20 heavy (non-hydrogen) atoms. The van der Waals surface area contributed by atoms with Crippen LogP contribution in [0.5, 0.6) is 0 Å². The first-order valence-electron chi connectivity index (χ1n) is 6.28. The third-order valence-electron chi connectivity index (χ3n) is 3.38. The van der Waals surface area contributed by atoms with E-state index in [0.29, 0.717) is 24.4 Å². The molecule has 3 heterocycles. The van der Waals surface area contributed by atoms with Crippen molar-refractivity contribution in [3.63, 3.8) is 0 Å². The van der Waals surface area contributed by atoms with Crippen molar-refractivity contribution in [2.45, 2.75) is 17.8 Å². The summed E-state index contributed by atoms with van der Waals surface area (Å²) < 4.78 is 0. The number of carboxylic acid groups (broad SMARTS) is 1. The third-order valence-corrected chi connectivity index (χ3v) is 5.54. The minimum atomic E-state index is -0.890. The molecule has 106 valence electrons. The number of aliphatic carboxylic acids is 1. The van der Waals surface area contributed by atoms with E-state index in [1.165, 1.54) is 0 Å². The molecule has 0 aromatic carbocycles. The fourth-order valence-corrected chi connectivity index (χ4v) is 4.35. The van der Waals surface area contributed by atoms with Crippen molar-refractivity contribution >= 4 is 35.0 Å². The molecule has 0 radical (unpaired) electrons. The van der Waals surface area contributed by atoms with Gasteiger partial charge in [-0.2, -0.15) is 0 Å². The van der Waals surface area contributed by atoms with Gasteiger partial charge in [0, 0.05) is 17.2 Å². The van der Waals surface area contributed by atoms with Gasteiger partial charge in [0.05, 0.1) is 17.8 Å². The van der Waals surface area contributed by atoms with Crippen molar-refractivity contribution in [1.82, 2.24) is 10.2 Å². The molecule has 7 heteroatoms. The molecule has 0 aliphatic carbocycles. The molecule has 2 aliphatic rings. The van der Waals surface area contributed by atoms with E-state index in [2.05, 4.69) is 5.32 Å². The number of carbonyl (C=O) groups excluding carboxylic acids is 1. The molecule has 3 rings (SSSR count). The fraction of sp³-hybridized carbons (Fsp3) is 0.385. The number of amides is 1. The van der Waals surface area contributed by atoms with Crippen LogP contribution < -0.4 is 5.32 Å². The zero-order chi connectivity index (χ0) is 14.1. The highest BCUT2D eigenvalue weighted by atomic mass is 32.2. The molecule has 0 spiro atoms. The molecule has 2 aliphatic heterocycles. The van der Waals surface area contributed by atoms with Crippen molar-refractivity contribution in [1.29, 1.82) is 0 Å². The number of rotatable bonds is 4. The van der Waals surface area contributed by atoms with Gasteiger partial charge >= 0.3 is 5.97 Å². The number of fused-ring (bicyclic) bond motifs is 1. The van der Waals surface area contributed by atoms with Crippen LogP contribution in [0.15, 0.2) is 29.3 Å². The smallest absolute Gasteiger partial charge is 0.351 e. The molecule has 5 nitrogen and oxygen atoms in total. The predicted molar refractivity (Wildman–Crippen MR) is 78.6 cm³/mol. The summed E-state index contributed by atoms with van der Waals surface area (Å²) in [5.41, 5.74) is 0.359. The monoisotopic (exact) mass is 310 g/mol. The number of thiophene rings is 1. The number of carboxylic acids is 1. The van der Waals surface area contributed by atoms with Crippen LogP contribution in [0.2, 0.25) is 0 Å². The SMILES string of the molecule is O=C(Cc1cccs1)NC1CN2C(C(=O)O)=CCSC12. The van der Waals surface area contributed by atoms with E-state index in [0.717, 1.165) is 4.88 Å². The Hall–Kier alpha value is -1.47. The second-order valence-corrected chi connectivity index (χ2v) is 6.88. The van der Waals surface area contributed by atoms with Crippen LogP contribution in [0.25, 0.3) is 0 Å². The van der Waals surface area contributed by atoms with Crippen LogP contribution in [0.3, 0.4) is 0 Å². The minimum Gasteiger partial charge on any atom is -0.477 e. The Balaban J connectivity index is 1.55. The molecular weight excluding hydrogens is 296 g/mol. The van der Waals surface area contributed by atoms with Gasteiger partial charge in [-0.25, -0.2) is 4.79 Å². The molecule has 1 fully saturated rings. The second kappa shape index (κ2) is 5.49. The normalized spacial score (nSPS) is 24.4. The predicted octanol–water partition coefficient (Wildman–Crippen LogP) is 1.13. The maximum absolute atomic E-state index is 11.9. The number of nitrogens with one attached hydrogen (secondary N) is 1. The van der Waals surface area contributed by atoms with Crippen LogP contribution in [0, 0.1) is 0 Å². The lowest BCUT2D eigenvalue weighted by atomic mass is 10.1. The Bertz CT molecular complexity index is 556. The van der Waals surface area contributed by atoms with Crippen molar-refractivity contribution < 1.29 is 14.7 Å². The summed E-state index contributed by atoms with van der Waals surface area (Å²) in [6.07, 6.45) is 2.13. The Morgan fingerprint density at radius 3 is 3.05 bits per heavy atom. The summed E-state index contributed by atoms with van der Waals surface area (Å²) in [4.78, 5) is 25.9. The van der Waals surface area contributed by atoms with Gasteiger partial charge in [0.1, 0.15) is 5.70 Å². The van der Waals surface area contributed by atoms with Gasteiger partial charge in [0.2, 0.25) is 5.91 Å². The van der Waals surface area contributed by atoms with E-state index in [-0.39, 0.29) is 17.3 Å². The molecule has 2 atom stereocenters. The van der Waals surface area contributed by atoms with Gasteiger partial charge < -0.3 is 15.3 Å². The standard InChI is InChI=1S/C13H14N2O3S2/c16-11(6-8-2-1-4-19-8)14-9-7-15-10(13(17)18)3-5-20-12(9)15/h1-4,9,12H,5-7H2,(H,14,16)(H,17,18). The maximum atomic E-state index is 11.9. The first-order valence-corrected chi connectivity index (χ1v) is 8.21. The number of hydrogen-bond donors (Lipinski definition) is 2. The molecule has 0 bridgehead atoms. The van der Waals surface area contributed by atoms with Crippen molar-refractivity contribution in [2.24, 2.45) is 0 Å². The van der Waals surface area contributed by atoms with E-state index < -0.39 is 5.97 Å². The first-order chi connectivity index (χ1) is 9.65. The lowest BCUT2D eigenvalue weighted by Gasteiger charge is -2.50. The van der Waals surface area contributed by atoms with E-state index in [1.54, 1.807) is 29.2 Å². The highest BCUT2D eigenvalue weighted by Crippen LogP contribution is 2.36. The fourth-order valence-electron chi connectivity index (χ4n) is 2.43. The largest absolute Gasteiger partial charge is 0.477 e. The van der Waals surface area contributed by atoms with E-state index >= 15 is 0 Å². The Kier molecular flexibility index (Phi) is 3.71. The van der Waals surface area contributed by atoms with Crippen LogP contribution >= 0.6 is 23.1 Å². The Morgan fingerprint density at radius 2 is 2.35 bits per heavy atom. The maximum Gasteiger partial charge on any atom is 0.351 e. The Labute approximate surface area is 124 Å². The third kappa shape index (κ3) is 2.55. The summed E-state index contributed by atoms with van der Waals surface area (Å²) in [6.45, 7) is 0.575. The van der Waals surface area contributed by atoms with Crippen molar-refractivity contribution in [3.8, 4) is 0 Å². The average Bonchev–Trinajstić information content (AvgIpc) is 2.88. The summed E-state index contributed by atoms with van der Waals surface area (Å²) in [5.74, 6) is -0.206. The van der Waals surface area contributed by atoms with E-state index in [9.17, 15) is 9.59 Å². The number of nitrogens with zero attached hydrogens (tertiary/aromatic N) is 1. The van der Waals surface area contributed by atoms with Gasteiger partial charge in [0.15, 0.2) is 0 Å². The van der Waals surface area contributed by atoms with Gasteiger partial charge in [0.25, 0.3) is 0 Å². The van der Waals surface area contributed by atoms with Gasteiger partial charge in [-0.15, -0.1) is 23.1 Å². The van der Waals surface area contributed by atoms with Gasteiger partial charge in [-0.1, -0.05) is 6.07 Å². The van der Waals surface area contributed by atoms with Crippen LogP contribution in [0.1, 0.15) is 4.88 Å². The van der Waals surface area contributed by atoms with E-state index in [1.807, 2.05) is 22.4 Å². The van der Waals surface area contributed by atoms with Crippen molar-refractivity contribution in [2.75, 3.05) is 12.3 Å². The zero-order valence-corrected chi connectivity index (χ0v) is 12.2. The van der Waals surface area contributed by atoms with E-state index in [4.69, 9.17) is 5.11 Å². The van der Waals surface area contributed by atoms with Gasteiger partial charge in [-0.3, -0.25) is 4.79 Å².